The van der Waals surface area contributed by atoms with E-state index in [2.05, 4.69) is 37.4 Å². The molecule has 8 heteroatoms. The van der Waals surface area contributed by atoms with Gasteiger partial charge in [-0.05, 0) is 43.3 Å². The quantitative estimate of drug-likeness (QED) is 0.536. The number of hydrogen-bond donors (Lipinski definition) is 4. The topological polar surface area (TPSA) is 99.3 Å². The van der Waals surface area contributed by atoms with Crippen molar-refractivity contribution in [2.75, 3.05) is 18.4 Å². The van der Waals surface area contributed by atoms with Gasteiger partial charge in [0.2, 0.25) is 0 Å². The van der Waals surface area contributed by atoms with Crippen molar-refractivity contribution in [3.8, 4) is 0 Å². The molecule has 0 heterocycles. The first-order chi connectivity index (χ1) is 12.4. The van der Waals surface area contributed by atoms with Crippen LogP contribution in [0.25, 0.3) is 0 Å². The molecule has 26 heavy (non-hydrogen) atoms. The van der Waals surface area contributed by atoms with Crippen LogP contribution < -0.4 is 21.5 Å². The van der Waals surface area contributed by atoms with E-state index in [1.54, 1.807) is 24.3 Å². The minimum absolute atomic E-state index is 0.00852. The molecule has 0 unspecified atom stereocenters. The Morgan fingerprint density at radius 2 is 1.42 bits per heavy atom. The Kier molecular flexibility index (Phi) is 7.16. The van der Waals surface area contributed by atoms with Gasteiger partial charge in [-0.3, -0.25) is 25.2 Å². The van der Waals surface area contributed by atoms with E-state index in [1.165, 1.54) is 0 Å². The van der Waals surface area contributed by atoms with Gasteiger partial charge < -0.3 is 10.6 Å². The van der Waals surface area contributed by atoms with Crippen molar-refractivity contribution in [1.82, 2.24) is 16.2 Å². The maximum atomic E-state index is 11.9. The van der Waals surface area contributed by atoms with Crippen LogP contribution in [0.2, 0.25) is 0 Å². The highest BCUT2D eigenvalue weighted by Crippen LogP contribution is 2.10. The number of aryl methyl sites for hydroxylation is 1. The van der Waals surface area contributed by atoms with Gasteiger partial charge in [-0.2, -0.15) is 0 Å². The fourth-order valence-electron chi connectivity index (χ4n) is 1.95. The van der Waals surface area contributed by atoms with Gasteiger partial charge in [-0.15, -0.1) is 0 Å². The largest absolute Gasteiger partial charge is 0.376 e. The summed E-state index contributed by atoms with van der Waals surface area (Å²) in [7, 11) is 0. The summed E-state index contributed by atoms with van der Waals surface area (Å²) in [5, 5.41) is 5.41. The highest BCUT2D eigenvalue weighted by atomic mass is 79.9. The maximum absolute atomic E-state index is 11.9. The van der Waals surface area contributed by atoms with E-state index in [1.807, 2.05) is 31.2 Å². The number of amides is 3. The first-order valence-electron chi connectivity index (χ1n) is 7.86. The van der Waals surface area contributed by atoms with Crippen molar-refractivity contribution in [1.29, 1.82) is 0 Å². The number of benzene rings is 2. The molecule has 7 nitrogen and oxygen atoms in total. The van der Waals surface area contributed by atoms with E-state index in [0.29, 0.717) is 5.56 Å². The van der Waals surface area contributed by atoms with Gasteiger partial charge >= 0.3 is 0 Å². The summed E-state index contributed by atoms with van der Waals surface area (Å²) in [5.74, 6) is -1.31. The molecule has 0 radical (unpaired) electrons. The zero-order valence-electron chi connectivity index (χ0n) is 14.1. The first kappa shape index (κ1) is 19.5. The van der Waals surface area contributed by atoms with E-state index in [-0.39, 0.29) is 19.0 Å². The molecule has 0 aromatic heterocycles. The smallest absolute Gasteiger partial charge is 0.257 e. The zero-order valence-corrected chi connectivity index (χ0v) is 15.7. The third-order valence-electron chi connectivity index (χ3n) is 3.36. The van der Waals surface area contributed by atoms with Crippen LogP contribution in [-0.4, -0.2) is 30.8 Å². The summed E-state index contributed by atoms with van der Waals surface area (Å²) in [6, 6.07) is 14.3. The number of nitrogens with one attached hydrogen (secondary N) is 4. The fraction of sp³-hybridized carbons (Fsp3) is 0.167. The number of carbonyl (C=O) groups excluding carboxylic acids is 3. The molecular formula is C18H19BrN4O3. The second-order valence-electron chi connectivity index (χ2n) is 5.51. The molecule has 0 aliphatic carbocycles. The van der Waals surface area contributed by atoms with Crippen molar-refractivity contribution < 1.29 is 14.4 Å². The van der Waals surface area contributed by atoms with Crippen LogP contribution in [0.4, 0.5) is 5.69 Å². The standard InChI is InChI=1S/C18H19BrN4O3/c1-12-2-8-15(9-3-12)20-10-16(24)22-23-17(25)11-21-18(26)13-4-6-14(19)7-5-13/h2-9,20H,10-11H2,1H3,(H,21,26)(H,22,24)(H,23,25). The Balaban J connectivity index is 1.66. The molecule has 0 fully saturated rings. The summed E-state index contributed by atoms with van der Waals surface area (Å²) in [5.41, 5.74) is 6.88. The third kappa shape index (κ3) is 6.56. The number of hydrogen-bond acceptors (Lipinski definition) is 4. The molecule has 0 saturated carbocycles. The Morgan fingerprint density at radius 3 is 2.04 bits per heavy atom. The predicted molar refractivity (Wildman–Crippen MR) is 102 cm³/mol. The summed E-state index contributed by atoms with van der Waals surface area (Å²) < 4.78 is 0.855. The van der Waals surface area contributed by atoms with Gasteiger partial charge in [0.15, 0.2) is 0 Å². The van der Waals surface area contributed by atoms with E-state index in [0.717, 1.165) is 15.7 Å². The minimum Gasteiger partial charge on any atom is -0.376 e. The second-order valence-corrected chi connectivity index (χ2v) is 6.42. The molecule has 0 atom stereocenters. The van der Waals surface area contributed by atoms with Crippen LogP contribution in [-0.2, 0) is 9.59 Å². The molecule has 4 N–H and O–H groups in total. The molecule has 3 amide bonds. The van der Waals surface area contributed by atoms with Crippen LogP contribution in [0.1, 0.15) is 15.9 Å². The highest BCUT2D eigenvalue weighted by molar-refractivity contribution is 9.10. The molecule has 0 aliphatic rings. The molecule has 2 rings (SSSR count). The van der Waals surface area contributed by atoms with E-state index >= 15 is 0 Å². The number of carbonyl (C=O) groups is 3. The first-order valence-corrected chi connectivity index (χ1v) is 8.65. The summed E-state index contributed by atoms with van der Waals surface area (Å²) in [6.45, 7) is 1.73. The normalized spacial score (nSPS) is 9.92. The van der Waals surface area contributed by atoms with Crippen LogP contribution in [0.15, 0.2) is 53.0 Å². The van der Waals surface area contributed by atoms with Crippen LogP contribution in [0.5, 0.6) is 0 Å². The van der Waals surface area contributed by atoms with Crippen LogP contribution in [0, 0.1) is 6.92 Å². The van der Waals surface area contributed by atoms with Crippen molar-refractivity contribution in [3.05, 3.63) is 64.1 Å². The van der Waals surface area contributed by atoms with Crippen molar-refractivity contribution in [3.63, 3.8) is 0 Å². The molecule has 136 valence electrons. The van der Waals surface area contributed by atoms with Crippen LogP contribution >= 0.6 is 15.9 Å². The average molecular weight is 419 g/mol. The van der Waals surface area contributed by atoms with Gasteiger partial charge in [-0.25, -0.2) is 0 Å². The van der Waals surface area contributed by atoms with Gasteiger partial charge in [0, 0.05) is 15.7 Å². The van der Waals surface area contributed by atoms with E-state index in [4.69, 9.17) is 0 Å². The Hall–Kier alpha value is -2.87. The number of halogens is 1. The predicted octanol–water partition coefficient (Wildman–Crippen LogP) is 1.75. The Bertz CT molecular complexity index is 776. The van der Waals surface area contributed by atoms with E-state index in [9.17, 15) is 14.4 Å². The van der Waals surface area contributed by atoms with Crippen molar-refractivity contribution in [2.24, 2.45) is 0 Å². The minimum atomic E-state index is -0.529. The average Bonchev–Trinajstić information content (AvgIpc) is 2.64. The lowest BCUT2D eigenvalue weighted by Gasteiger charge is -2.10. The van der Waals surface area contributed by atoms with Gasteiger partial charge in [0.05, 0.1) is 13.1 Å². The lowest BCUT2D eigenvalue weighted by molar-refractivity contribution is -0.127. The van der Waals surface area contributed by atoms with Gasteiger partial charge in [0.25, 0.3) is 17.7 Å². The summed E-state index contributed by atoms with van der Waals surface area (Å²) in [6.07, 6.45) is 0. The highest BCUT2D eigenvalue weighted by Gasteiger charge is 2.09. The fourth-order valence-corrected chi connectivity index (χ4v) is 2.21. The Morgan fingerprint density at radius 1 is 0.846 bits per heavy atom. The van der Waals surface area contributed by atoms with E-state index < -0.39 is 11.8 Å². The number of anilines is 1. The monoisotopic (exact) mass is 418 g/mol. The molecular weight excluding hydrogens is 400 g/mol. The lowest BCUT2D eigenvalue weighted by Crippen LogP contribution is -2.47. The zero-order chi connectivity index (χ0) is 18.9. The molecule has 0 aliphatic heterocycles. The lowest BCUT2D eigenvalue weighted by atomic mass is 10.2. The van der Waals surface area contributed by atoms with Gasteiger partial charge in [0.1, 0.15) is 0 Å². The molecule has 0 bridgehead atoms. The molecule has 0 saturated heterocycles. The molecule has 2 aromatic carbocycles. The van der Waals surface area contributed by atoms with Crippen LogP contribution in [0.3, 0.4) is 0 Å². The SMILES string of the molecule is Cc1ccc(NCC(=O)NNC(=O)CNC(=O)c2ccc(Br)cc2)cc1. The Labute approximate surface area is 159 Å². The second kappa shape index (κ2) is 9.57. The summed E-state index contributed by atoms with van der Waals surface area (Å²) >= 11 is 3.28. The maximum Gasteiger partial charge on any atom is 0.257 e. The molecule has 2 aromatic rings. The van der Waals surface area contributed by atoms with Crippen molar-refractivity contribution in [2.45, 2.75) is 6.92 Å². The number of rotatable bonds is 6. The molecule has 0 spiro atoms. The van der Waals surface area contributed by atoms with Crippen molar-refractivity contribution >= 4 is 39.3 Å². The summed E-state index contributed by atoms with van der Waals surface area (Å²) in [4.78, 5) is 35.3. The third-order valence-corrected chi connectivity index (χ3v) is 3.89. The van der Waals surface area contributed by atoms with Gasteiger partial charge in [-0.1, -0.05) is 33.6 Å². The number of hydrazine groups is 1.